The smallest absolute Gasteiger partial charge is 0.235 e. The summed E-state index contributed by atoms with van der Waals surface area (Å²) in [7, 11) is 2.95. The fourth-order valence-electron chi connectivity index (χ4n) is 5.95. The second kappa shape index (κ2) is 7.17. The first-order valence-corrected chi connectivity index (χ1v) is 10.7. The molecular formula is C22H23ClN2O8. The molecule has 176 valence electrons. The third kappa shape index (κ3) is 2.81. The second-order valence-corrected chi connectivity index (χ2v) is 9.80. The van der Waals surface area contributed by atoms with Gasteiger partial charge in [-0.05, 0) is 39.6 Å². The summed E-state index contributed by atoms with van der Waals surface area (Å²) in [5, 5.41) is 33.3. The number of Topliss-reactive ketones (excluding diaryl/α,β-unsaturated/α-hetero) is 4. The highest BCUT2D eigenvalue weighted by atomic mass is 35.5. The number of nitrogens with two attached hydrogens (primary N) is 1. The lowest BCUT2D eigenvalue weighted by Gasteiger charge is -2.55. The molecule has 0 aromatic heterocycles. The summed E-state index contributed by atoms with van der Waals surface area (Å²) in [6.07, 6.45) is -0.289. The molecule has 3 unspecified atom stereocenters. The van der Waals surface area contributed by atoms with Gasteiger partial charge in [-0.3, -0.25) is 28.9 Å². The molecule has 10 nitrogen and oxygen atoms in total. The molecule has 1 aromatic rings. The third-order valence-corrected chi connectivity index (χ3v) is 7.75. The van der Waals surface area contributed by atoms with Crippen molar-refractivity contribution < 1.29 is 39.3 Å². The van der Waals surface area contributed by atoms with Crippen LogP contribution in [0.5, 0.6) is 5.75 Å². The first kappa shape index (κ1) is 23.5. The Bertz CT molecular complexity index is 1150. The molecule has 5 N–H and O–H groups in total. The molecule has 11 heteroatoms. The first-order valence-electron chi connectivity index (χ1n) is 10.3. The van der Waals surface area contributed by atoms with Gasteiger partial charge in [0.25, 0.3) is 0 Å². The van der Waals surface area contributed by atoms with Crippen molar-refractivity contribution in [1.29, 1.82) is 0 Å². The molecule has 2 fully saturated rings. The van der Waals surface area contributed by atoms with Crippen molar-refractivity contribution in [1.82, 2.24) is 4.90 Å². The van der Waals surface area contributed by atoms with Crippen LogP contribution in [0.4, 0.5) is 0 Å². The van der Waals surface area contributed by atoms with E-state index in [2.05, 4.69) is 0 Å². The van der Waals surface area contributed by atoms with Gasteiger partial charge in [0.1, 0.15) is 5.75 Å². The van der Waals surface area contributed by atoms with E-state index in [1.54, 1.807) is 0 Å². The van der Waals surface area contributed by atoms with Crippen molar-refractivity contribution in [3.05, 3.63) is 28.3 Å². The van der Waals surface area contributed by atoms with E-state index in [-0.39, 0.29) is 22.6 Å². The maximum atomic E-state index is 13.7. The molecule has 2 saturated carbocycles. The maximum absolute atomic E-state index is 13.7. The zero-order valence-corrected chi connectivity index (χ0v) is 18.8. The van der Waals surface area contributed by atoms with Gasteiger partial charge in [-0.2, -0.15) is 0 Å². The van der Waals surface area contributed by atoms with Crippen molar-refractivity contribution in [2.24, 2.45) is 29.4 Å². The number of carbonyl (C=O) groups is 5. The van der Waals surface area contributed by atoms with Crippen molar-refractivity contribution in [2.45, 2.75) is 30.6 Å². The predicted octanol–water partition coefficient (Wildman–Crippen LogP) is -0.815. The zero-order valence-electron chi connectivity index (χ0n) is 18.0. The van der Waals surface area contributed by atoms with Crippen molar-refractivity contribution in [3.8, 4) is 5.75 Å². The number of likely N-dealkylation sites (N-methyl/N-ethyl adjacent to an activating group) is 1. The number of rotatable bonds is 2. The van der Waals surface area contributed by atoms with Gasteiger partial charge in [0.15, 0.2) is 34.7 Å². The lowest BCUT2D eigenvalue weighted by Crippen LogP contribution is -2.75. The van der Waals surface area contributed by atoms with Gasteiger partial charge in [-0.15, -0.1) is 0 Å². The number of fused-ring (bicyclic) bond motifs is 3. The minimum atomic E-state index is -2.86. The van der Waals surface area contributed by atoms with Crippen molar-refractivity contribution >= 4 is 40.6 Å². The Balaban J connectivity index is 1.97. The topological polar surface area (TPSA) is 175 Å². The standard InChI is InChI=1S/C22H23ClN2O8/c1-21(32)7-6-8-15(25(2)3)17(28)13(20(24)31)19(30)22(8,33)18(29)11(7)16(27)12-10(26)5-4-9(23)14(12)21/h4-5,7-8,11,13,15,26,32-33H,6H2,1-3H3,(H2,24,31)/t7-,8-,11?,13?,15-,21?,22-/m0/s1. The summed E-state index contributed by atoms with van der Waals surface area (Å²) in [5.41, 5.74) is 0.0293. The fraction of sp³-hybridized carbons (Fsp3) is 0.500. The van der Waals surface area contributed by atoms with Crippen LogP contribution in [-0.4, -0.2) is 75.0 Å². The summed E-state index contributed by atoms with van der Waals surface area (Å²) in [5.74, 6) is -12.5. The Kier molecular flexibility index (Phi) is 5.10. The Labute approximate surface area is 193 Å². The van der Waals surface area contributed by atoms with Gasteiger partial charge in [0.05, 0.1) is 23.1 Å². The fourth-order valence-corrected chi connectivity index (χ4v) is 6.30. The minimum absolute atomic E-state index is 0.0124. The van der Waals surface area contributed by atoms with Crippen molar-refractivity contribution in [2.75, 3.05) is 14.1 Å². The molecule has 0 radical (unpaired) electrons. The van der Waals surface area contributed by atoms with Gasteiger partial charge in [0.2, 0.25) is 5.91 Å². The molecule has 3 aliphatic carbocycles. The summed E-state index contributed by atoms with van der Waals surface area (Å²) in [6, 6.07) is 1.17. The molecule has 0 heterocycles. The van der Waals surface area contributed by atoms with E-state index in [1.165, 1.54) is 32.0 Å². The van der Waals surface area contributed by atoms with E-state index in [9.17, 15) is 39.3 Å². The third-order valence-electron chi connectivity index (χ3n) is 7.43. The van der Waals surface area contributed by atoms with Gasteiger partial charge in [-0.1, -0.05) is 11.6 Å². The lowest BCUT2D eigenvalue weighted by molar-refractivity contribution is -0.188. The Hall–Kier alpha value is -2.66. The van der Waals surface area contributed by atoms with Crippen LogP contribution in [0, 0.1) is 23.7 Å². The van der Waals surface area contributed by atoms with Gasteiger partial charge in [0, 0.05) is 22.4 Å². The molecule has 7 atom stereocenters. The zero-order chi connectivity index (χ0) is 24.8. The number of carbonyl (C=O) groups excluding carboxylic acids is 5. The highest BCUT2D eigenvalue weighted by molar-refractivity contribution is 6.34. The predicted molar refractivity (Wildman–Crippen MR) is 112 cm³/mol. The molecule has 1 amide bonds. The number of hydrogen-bond donors (Lipinski definition) is 4. The maximum Gasteiger partial charge on any atom is 0.235 e. The van der Waals surface area contributed by atoms with Crippen molar-refractivity contribution in [3.63, 3.8) is 0 Å². The van der Waals surface area contributed by atoms with Crippen LogP contribution in [-0.2, 0) is 24.8 Å². The van der Waals surface area contributed by atoms with E-state index in [0.717, 1.165) is 6.07 Å². The normalized spacial score (nSPS) is 38.1. The molecular weight excluding hydrogens is 456 g/mol. The van der Waals surface area contributed by atoms with E-state index in [0.29, 0.717) is 0 Å². The molecule has 0 saturated heterocycles. The second-order valence-electron chi connectivity index (χ2n) is 9.40. The van der Waals surface area contributed by atoms with Crippen LogP contribution in [0.25, 0.3) is 0 Å². The number of nitrogens with zero attached hydrogens (tertiary/aromatic N) is 1. The summed E-state index contributed by atoms with van der Waals surface area (Å²) >= 11 is 6.25. The average molecular weight is 479 g/mol. The number of amides is 1. The van der Waals surface area contributed by atoms with Gasteiger partial charge >= 0.3 is 0 Å². The number of ketones is 4. The Morgan fingerprint density at radius 1 is 1.12 bits per heavy atom. The van der Waals surface area contributed by atoms with E-state index >= 15 is 0 Å². The van der Waals surface area contributed by atoms with Crippen LogP contribution in [0.3, 0.4) is 0 Å². The molecule has 1 aromatic carbocycles. The number of hydrogen-bond acceptors (Lipinski definition) is 9. The first-order chi connectivity index (χ1) is 15.2. The molecule has 3 aliphatic rings. The summed E-state index contributed by atoms with van der Waals surface area (Å²) in [6.45, 7) is 1.32. The number of benzene rings is 1. The van der Waals surface area contributed by atoms with Crippen LogP contribution in [0.15, 0.2) is 12.1 Å². The van der Waals surface area contributed by atoms with Gasteiger partial charge < -0.3 is 21.1 Å². The van der Waals surface area contributed by atoms with E-state index in [4.69, 9.17) is 17.3 Å². The number of phenols is 1. The highest BCUT2D eigenvalue weighted by Gasteiger charge is 2.71. The van der Waals surface area contributed by atoms with Crippen LogP contribution < -0.4 is 5.73 Å². The minimum Gasteiger partial charge on any atom is -0.507 e. The van der Waals surface area contributed by atoms with Crippen LogP contribution >= 0.6 is 11.6 Å². The lowest BCUT2D eigenvalue weighted by atomic mass is 9.49. The molecule has 33 heavy (non-hydrogen) atoms. The number of aliphatic hydroxyl groups is 2. The van der Waals surface area contributed by atoms with Crippen LogP contribution in [0.1, 0.15) is 29.3 Å². The van der Waals surface area contributed by atoms with Gasteiger partial charge in [-0.25, -0.2) is 0 Å². The number of primary amides is 1. The average Bonchev–Trinajstić information content (AvgIpc) is 2.69. The Morgan fingerprint density at radius 3 is 2.27 bits per heavy atom. The number of aromatic hydroxyl groups is 1. The number of phenolic OH excluding ortho intramolecular Hbond substituents is 1. The summed E-state index contributed by atoms with van der Waals surface area (Å²) in [4.78, 5) is 66.6. The molecule has 0 aliphatic heterocycles. The SMILES string of the molecule is CN(C)[C@@H]1C(=O)C(C(N)=O)C(=O)[C@@]2(O)C(=O)C3C(=O)c4c(O)ccc(Cl)c4C(C)(O)[C@H]3C[C@@H]12. The number of halogens is 1. The largest absolute Gasteiger partial charge is 0.507 e. The monoisotopic (exact) mass is 478 g/mol. The molecule has 4 rings (SSSR count). The Morgan fingerprint density at radius 2 is 1.73 bits per heavy atom. The highest BCUT2D eigenvalue weighted by Crippen LogP contribution is 2.56. The van der Waals surface area contributed by atoms with E-state index in [1.807, 2.05) is 0 Å². The molecule has 0 bridgehead atoms. The quantitative estimate of drug-likeness (QED) is 0.396. The molecule has 0 spiro atoms. The summed E-state index contributed by atoms with van der Waals surface area (Å²) < 4.78 is 0. The van der Waals surface area contributed by atoms with Crippen LogP contribution in [0.2, 0.25) is 5.02 Å². The van der Waals surface area contributed by atoms with E-state index < -0.39 is 75.7 Å².